The van der Waals surface area contributed by atoms with Crippen LogP contribution in [0.4, 0.5) is 0 Å². The van der Waals surface area contributed by atoms with Gasteiger partial charge >= 0.3 is 0 Å². The van der Waals surface area contributed by atoms with Crippen LogP contribution in [0.15, 0.2) is 28.1 Å². The molecule has 0 amide bonds. The van der Waals surface area contributed by atoms with Crippen molar-refractivity contribution in [2.24, 2.45) is 11.8 Å². The molecule has 1 atom stereocenters. The van der Waals surface area contributed by atoms with Crippen LogP contribution in [0.5, 0.6) is 0 Å². The predicted octanol–water partition coefficient (Wildman–Crippen LogP) is 4.81. The number of hydrogen-bond donors (Lipinski definition) is 1. The predicted molar refractivity (Wildman–Crippen MR) is 84.3 cm³/mol. The highest BCUT2D eigenvalue weighted by molar-refractivity contribution is 9.11. The van der Waals surface area contributed by atoms with Gasteiger partial charge in [-0.1, -0.05) is 26.0 Å². The minimum Gasteiger partial charge on any atom is -0.315 e. The van der Waals surface area contributed by atoms with E-state index < -0.39 is 0 Å². The van der Waals surface area contributed by atoms with E-state index in [0.29, 0.717) is 11.8 Å². The van der Waals surface area contributed by atoms with Crippen LogP contribution in [0.3, 0.4) is 0 Å². The SMILES string of the molecule is C=C(C(C)C)[C@H](CNCC1CC1)c1ccc(Br)s1. The monoisotopic (exact) mass is 327 g/mol. The number of halogens is 1. The molecule has 1 fully saturated rings. The largest absolute Gasteiger partial charge is 0.315 e. The summed E-state index contributed by atoms with van der Waals surface area (Å²) in [5.41, 5.74) is 1.34. The molecule has 0 aromatic carbocycles. The van der Waals surface area contributed by atoms with Gasteiger partial charge < -0.3 is 5.32 Å². The van der Waals surface area contributed by atoms with Gasteiger partial charge in [0.15, 0.2) is 0 Å². The fourth-order valence-corrected chi connectivity index (χ4v) is 3.65. The number of hydrogen-bond acceptors (Lipinski definition) is 2. The molecule has 0 unspecified atom stereocenters. The Bertz CT molecular complexity index is 406. The van der Waals surface area contributed by atoms with E-state index in [-0.39, 0.29) is 0 Å². The number of nitrogens with one attached hydrogen (secondary N) is 1. The summed E-state index contributed by atoms with van der Waals surface area (Å²) in [5, 5.41) is 3.62. The van der Waals surface area contributed by atoms with Crippen LogP contribution in [0.2, 0.25) is 0 Å². The van der Waals surface area contributed by atoms with E-state index in [1.807, 2.05) is 11.3 Å². The molecular weight excluding hydrogens is 306 g/mol. The molecule has 2 rings (SSSR count). The summed E-state index contributed by atoms with van der Waals surface area (Å²) in [6, 6.07) is 4.37. The summed E-state index contributed by atoms with van der Waals surface area (Å²) in [5.74, 6) is 1.94. The molecule has 0 spiro atoms. The Morgan fingerprint density at radius 1 is 1.50 bits per heavy atom. The van der Waals surface area contributed by atoms with Gasteiger partial charge in [0.05, 0.1) is 3.79 Å². The zero-order chi connectivity index (χ0) is 13.1. The first-order valence-corrected chi connectivity index (χ1v) is 8.33. The smallest absolute Gasteiger partial charge is 0.0701 e. The zero-order valence-electron chi connectivity index (χ0n) is 11.2. The first-order chi connectivity index (χ1) is 8.58. The van der Waals surface area contributed by atoms with Gasteiger partial charge in [0.1, 0.15) is 0 Å². The minimum atomic E-state index is 0.458. The third-order valence-corrected chi connectivity index (χ3v) is 5.34. The first-order valence-electron chi connectivity index (χ1n) is 6.72. The average Bonchev–Trinajstić information content (AvgIpc) is 3.05. The van der Waals surface area contributed by atoms with Gasteiger partial charge in [-0.15, -0.1) is 11.3 Å². The molecule has 1 aromatic heterocycles. The van der Waals surface area contributed by atoms with Crippen molar-refractivity contribution in [2.45, 2.75) is 32.6 Å². The quantitative estimate of drug-likeness (QED) is 0.709. The summed E-state index contributed by atoms with van der Waals surface area (Å²) in [4.78, 5) is 1.42. The Hall–Kier alpha value is -0.120. The van der Waals surface area contributed by atoms with Gasteiger partial charge in [-0.2, -0.15) is 0 Å². The van der Waals surface area contributed by atoms with Gasteiger partial charge in [0.2, 0.25) is 0 Å². The van der Waals surface area contributed by atoms with Crippen molar-refractivity contribution >= 4 is 27.3 Å². The summed E-state index contributed by atoms with van der Waals surface area (Å²) >= 11 is 5.39. The second kappa shape index (κ2) is 6.36. The summed E-state index contributed by atoms with van der Waals surface area (Å²) in [6.07, 6.45) is 2.82. The molecule has 1 heterocycles. The molecular formula is C15H22BrNS. The molecule has 1 N–H and O–H groups in total. The van der Waals surface area contributed by atoms with Gasteiger partial charge in [0, 0.05) is 17.3 Å². The molecule has 0 aliphatic heterocycles. The topological polar surface area (TPSA) is 12.0 Å². The number of rotatable bonds is 7. The van der Waals surface area contributed by atoms with Crippen molar-refractivity contribution in [3.8, 4) is 0 Å². The van der Waals surface area contributed by atoms with Crippen molar-refractivity contribution in [1.29, 1.82) is 0 Å². The Kier molecular flexibility index (Phi) is 5.05. The third kappa shape index (κ3) is 3.94. The maximum atomic E-state index is 4.30. The van der Waals surface area contributed by atoms with Gasteiger partial charge in [-0.05, 0) is 59.3 Å². The molecule has 0 saturated heterocycles. The normalized spacial score (nSPS) is 17.1. The Labute approximate surface area is 123 Å². The standard InChI is InChI=1S/C15H22BrNS/c1-10(2)11(3)13(9-17-8-12-4-5-12)14-6-7-15(16)18-14/h6-7,10,12-13,17H,3-5,8-9H2,1-2H3/t13-/m0/s1. The lowest BCUT2D eigenvalue weighted by atomic mass is 9.90. The van der Waals surface area contributed by atoms with Gasteiger partial charge in [-0.3, -0.25) is 0 Å². The summed E-state index contributed by atoms with van der Waals surface area (Å²) in [6.45, 7) is 11.0. The highest BCUT2D eigenvalue weighted by atomic mass is 79.9. The lowest BCUT2D eigenvalue weighted by molar-refractivity contribution is 0.571. The van der Waals surface area contributed by atoms with Crippen molar-refractivity contribution in [3.05, 3.63) is 32.9 Å². The first kappa shape index (κ1) is 14.3. The molecule has 3 heteroatoms. The van der Waals surface area contributed by atoms with Crippen molar-refractivity contribution in [1.82, 2.24) is 5.32 Å². The highest BCUT2D eigenvalue weighted by Gasteiger charge is 2.23. The van der Waals surface area contributed by atoms with Gasteiger partial charge in [-0.25, -0.2) is 0 Å². The maximum Gasteiger partial charge on any atom is 0.0701 e. The molecule has 1 saturated carbocycles. The van der Waals surface area contributed by atoms with Crippen LogP contribution < -0.4 is 5.32 Å². The summed E-state index contributed by atoms with van der Waals surface area (Å²) in [7, 11) is 0. The van der Waals surface area contributed by atoms with E-state index in [2.05, 4.69) is 53.8 Å². The van der Waals surface area contributed by atoms with Crippen molar-refractivity contribution in [2.75, 3.05) is 13.1 Å². The van der Waals surface area contributed by atoms with Crippen LogP contribution in [0.25, 0.3) is 0 Å². The minimum absolute atomic E-state index is 0.458. The molecule has 1 nitrogen and oxygen atoms in total. The van der Waals surface area contributed by atoms with E-state index in [0.717, 1.165) is 12.5 Å². The van der Waals surface area contributed by atoms with Crippen molar-refractivity contribution in [3.63, 3.8) is 0 Å². The molecule has 1 aliphatic carbocycles. The van der Waals surface area contributed by atoms with Crippen LogP contribution in [-0.4, -0.2) is 13.1 Å². The van der Waals surface area contributed by atoms with E-state index in [1.165, 1.54) is 33.6 Å². The van der Waals surface area contributed by atoms with E-state index in [4.69, 9.17) is 0 Å². The molecule has 1 aromatic rings. The lowest BCUT2D eigenvalue weighted by Crippen LogP contribution is -2.25. The zero-order valence-corrected chi connectivity index (χ0v) is 13.6. The van der Waals surface area contributed by atoms with Crippen LogP contribution in [-0.2, 0) is 0 Å². The highest BCUT2D eigenvalue weighted by Crippen LogP contribution is 2.35. The van der Waals surface area contributed by atoms with E-state index in [1.54, 1.807) is 0 Å². The lowest BCUT2D eigenvalue weighted by Gasteiger charge is -2.22. The molecule has 18 heavy (non-hydrogen) atoms. The third-order valence-electron chi connectivity index (χ3n) is 3.60. The van der Waals surface area contributed by atoms with Gasteiger partial charge in [0.25, 0.3) is 0 Å². The van der Waals surface area contributed by atoms with E-state index in [9.17, 15) is 0 Å². The van der Waals surface area contributed by atoms with E-state index >= 15 is 0 Å². The Morgan fingerprint density at radius 2 is 2.22 bits per heavy atom. The van der Waals surface area contributed by atoms with Crippen LogP contribution in [0.1, 0.15) is 37.5 Å². The number of thiophene rings is 1. The second-order valence-electron chi connectivity index (χ2n) is 5.53. The maximum absolute atomic E-state index is 4.30. The molecule has 1 aliphatic rings. The molecule has 100 valence electrons. The fraction of sp³-hybridized carbons (Fsp3) is 0.600. The summed E-state index contributed by atoms with van der Waals surface area (Å²) < 4.78 is 1.21. The Morgan fingerprint density at radius 3 is 2.72 bits per heavy atom. The second-order valence-corrected chi connectivity index (χ2v) is 8.02. The van der Waals surface area contributed by atoms with Crippen LogP contribution in [0, 0.1) is 11.8 Å². The average molecular weight is 328 g/mol. The van der Waals surface area contributed by atoms with Crippen molar-refractivity contribution < 1.29 is 0 Å². The Balaban J connectivity index is 1.99. The molecule has 0 bridgehead atoms. The molecule has 0 radical (unpaired) electrons. The fourth-order valence-electron chi connectivity index (χ4n) is 2.09. The van der Waals surface area contributed by atoms with Crippen LogP contribution >= 0.6 is 27.3 Å².